The molecule has 0 saturated carbocycles. The Balaban J connectivity index is 1.62. The van der Waals surface area contributed by atoms with E-state index in [0.717, 1.165) is 17.7 Å². The first-order valence-electron chi connectivity index (χ1n) is 12.4. The number of halogens is 3. The second-order valence-corrected chi connectivity index (χ2v) is 10.2. The first-order chi connectivity index (χ1) is 17.3. The molecule has 6 nitrogen and oxygen atoms in total. The maximum Gasteiger partial charge on any atom is 0.314 e. The largest absolute Gasteiger partial charge is 0.338 e. The van der Waals surface area contributed by atoms with E-state index in [2.05, 4.69) is 29.4 Å². The Bertz CT molecular complexity index is 990. The van der Waals surface area contributed by atoms with Gasteiger partial charge in [-0.15, -0.1) is 11.6 Å². The van der Waals surface area contributed by atoms with Crippen LogP contribution in [0.4, 0.5) is 9.18 Å². The summed E-state index contributed by atoms with van der Waals surface area (Å²) in [6.07, 6.45) is 0.968. The van der Waals surface area contributed by atoms with Crippen LogP contribution in [0.5, 0.6) is 0 Å². The third-order valence-corrected chi connectivity index (χ3v) is 7.12. The summed E-state index contributed by atoms with van der Waals surface area (Å²) in [6.45, 7) is 7.05. The number of hydrogen-bond donors (Lipinski definition) is 2. The Morgan fingerprint density at radius 1 is 1.03 bits per heavy atom. The molecule has 2 aromatic rings. The van der Waals surface area contributed by atoms with Crippen LogP contribution in [0.25, 0.3) is 0 Å². The predicted molar refractivity (Wildman–Crippen MR) is 143 cm³/mol. The minimum atomic E-state index is -0.275. The molecule has 3 atom stereocenters. The third kappa shape index (κ3) is 8.36. The highest BCUT2D eigenvalue weighted by Gasteiger charge is 2.33. The lowest BCUT2D eigenvalue weighted by Gasteiger charge is -2.44. The second-order valence-electron chi connectivity index (χ2n) is 9.43. The predicted octanol–water partition coefficient (Wildman–Crippen LogP) is 5.00. The molecule has 9 heteroatoms. The fourth-order valence-corrected chi connectivity index (χ4v) is 4.77. The number of amides is 3. The second kappa shape index (κ2) is 13.8. The maximum atomic E-state index is 13.5. The molecule has 0 bridgehead atoms. The summed E-state index contributed by atoms with van der Waals surface area (Å²) in [7, 11) is 0. The van der Waals surface area contributed by atoms with Gasteiger partial charge in [-0.1, -0.05) is 35.9 Å². The van der Waals surface area contributed by atoms with Gasteiger partial charge in [0.05, 0.1) is 0 Å². The van der Waals surface area contributed by atoms with Gasteiger partial charge in [0.2, 0.25) is 5.91 Å². The van der Waals surface area contributed by atoms with E-state index < -0.39 is 0 Å². The van der Waals surface area contributed by atoms with E-state index in [-0.39, 0.29) is 42.2 Å². The van der Waals surface area contributed by atoms with Crippen molar-refractivity contribution in [3.05, 3.63) is 70.5 Å². The fraction of sp³-hybridized carbons (Fsp3) is 0.481. The van der Waals surface area contributed by atoms with Crippen LogP contribution in [0, 0.1) is 5.82 Å². The van der Waals surface area contributed by atoms with Gasteiger partial charge in [-0.05, 0) is 55.7 Å². The number of nitrogens with one attached hydrogen (secondary N) is 2. The topological polar surface area (TPSA) is 64.7 Å². The van der Waals surface area contributed by atoms with Crippen LogP contribution in [0.1, 0.15) is 43.7 Å². The molecule has 3 unspecified atom stereocenters. The van der Waals surface area contributed by atoms with Crippen molar-refractivity contribution in [1.29, 1.82) is 0 Å². The highest BCUT2D eigenvalue weighted by Crippen LogP contribution is 2.25. The lowest BCUT2D eigenvalue weighted by atomic mass is 9.94. The summed E-state index contributed by atoms with van der Waals surface area (Å²) >= 11 is 11.7. The van der Waals surface area contributed by atoms with Gasteiger partial charge < -0.3 is 15.5 Å². The number of piperazine rings is 1. The molecule has 36 heavy (non-hydrogen) atoms. The van der Waals surface area contributed by atoms with Gasteiger partial charge in [0.25, 0.3) is 0 Å². The van der Waals surface area contributed by atoms with E-state index in [9.17, 15) is 14.0 Å². The first-order valence-corrected chi connectivity index (χ1v) is 13.3. The van der Waals surface area contributed by atoms with Gasteiger partial charge >= 0.3 is 6.03 Å². The van der Waals surface area contributed by atoms with Crippen LogP contribution in [-0.2, 0) is 11.3 Å². The van der Waals surface area contributed by atoms with E-state index in [0.29, 0.717) is 43.5 Å². The standard InChI is InChI=1S/C27H35Cl2FN4O2/c1-19-17-34(20(2)16-33(19)18-21-4-10-25(30)11-5-21)26(35)14-23(22-6-8-24(29)9-7-22)15-32-27(36)31-13-3-12-28/h4-11,19-20,23H,3,12-18H2,1-2H3,(H2,31,32,36). The van der Waals surface area contributed by atoms with Crippen LogP contribution < -0.4 is 10.6 Å². The van der Waals surface area contributed by atoms with Gasteiger partial charge in [0.1, 0.15) is 5.82 Å². The molecule has 0 aliphatic carbocycles. The van der Waals surface area contributed by atoms with Crippen LogP contribution in [0.15, 0.2) is 48.5 Å². The highest BCUT2D eigenvalue weighted by molar-refractivity contribution is 6.30. The summed E-state index contributed by atoms with van der Waals surface area (Å²) in [6, 6.07) is 13.9. The Hall–Kier alpha value is -2.35. The first kappa shape index (κ1) is 28.2. The van der Waals surface area contributed by atoms with E-state index >= 15 is 0 Å². The van der Waals surface area contributed by atoms with Crippen molar-refractivity contribution in [3.63, 3.8) is 0 Å². The Labute approximate surface area is 223 Å². The molecule has 0 aromatic heterocycles. The highest BCUT2D eigenvalue weighted by atomic mass is 35.5. The quantitative estimate of drug-likeness (QED) is 0.331. The zero-order valence-corrected chi connectivity index (χ0v) is 22.4. The molecule has 2 aromatic carbocycles. The fourth-order valence-electron chi connectivity index (χ4n) is 4.51. The van der Waals surface area contributed by atoms with Crippen molar-refractivity contribution in [3.8, 4) is 0 Å². The third-order valence-electron chi connectivity index (χ3n) is 6.60. The van der Waals surface area contributed by atoms with Gasteiger partial charge in [-0.2, -0.15) is 0 Å². The molecule has 1 saturated heterocycles. The monoisotopic (exact) mass is 536 g/mol. The molecule has 196 valence electrons. The van der Waals surface area contributed by atoms with Crippen molar-refractivity contribution >= 4 is 35.1 Å². The summed E-state index contributed by atoms with van der Waals surface area (Å²) in [5.41, 5.74) is 2.00. The van der Waals surface area contributed by atoms with Gasteiger partial charge in [-0.25, -0.2) is 9.18 Å². The number of hydrogen-bond acceptors (Lipinski definition) is 3. The summed E-state index contributed by atoms with van der Waals surface area (Å²) in [4.78, 5) is 29.9. The Kier molecular flexibility index (Phi) is 10.8. The number of alkyl halides is 1. The number of rotatable bonds is 10. The van der Waals surface area contributed by atoms with Crippen LogP contribution in [-0.4, -0.2) is 65.9 Å². The van der Waals surface area contributed by atoms with Gasteiger partial charge in [0, 0.05) is 68.0 Å². The van der Waals surface area contributed by atoms with Crippen LogP contribution >= 0.6 is 23.2 Å². The molecule has 2 N–H and O–H groups in total. The number of carbonyl (C=O) groups excluding carboxylic acids is 2. The number of carbonyl (C=O) groups is 2. The molecule has 1 heterocycles. The summed E-state index contributed by atoms with van der Waals surface area (Å²) in [5.74, 6) is 0.108. The van der Waals surface area contributed by atoms with Crippen LogP contribution in [0.3, 0.4) is 0 Å². The minimum absolute atomic E-state index is 0.0341. The number of benzene rings is 2. The normalized spacial score (nSPS) is 19.1. The Morgan fingerprint density at radius 2 is 1.72 bits per heavy atom. The van der Waals surface area contributed by atoms with Gasteiger partial charge in [-0.3, -0.25) is 9.69 Å². The molecule has 1 aliphatic rings. The van der Waals surface area contributed by atoms with Crippen LogP contribution in [0.2, 0.25) is 5.02 Å². The smallest absolute Gasteiger partial charge is 0.314 e. The maximum absolute atomic E-state index is 13.5. The molecule has 1 aliphatic heterocycles. The SMILES string of the molecule is CC1CN(C(=O)CC(CNC(=O)NCCCCl)c2ccc(Cl)cc2)C(C)CN1Cc1ccc(F)cc1. The van der Waals surface area contributed by atoms with Crippen molar-refractivity contribution in [2.24, 2.45) is 0 Å². The lowest BCUT2D eigenvalue weighted by molar-refractivity contribution is -0.137. The number of nitrogens with zero attached hydrogens (tertiary/aromatic N) is 2. The minimum Gasteiger partial charge on any atom is -0.338 e. The molecule has 3 amide bonds. The molecular weight excluding hydrogens is 502 g/mol. The molecule has 1 fully saturated rings. The van der Waals surface area contributed by atoms with Crippen molar-refractivity contribution in [1.82, 2.24) is 20.4 Å². The zero-order valence-electron chi connectivity index (χ0n) is 20.9. The van der Waals surface area contributed by atoms with E-state index in [1.165, 1.54) is 12.1 Å². The van der Waals surface area contributed by atoms with Crippen molar-refractivity contribution in [2.45, 2.75) is 51.2 Å². The molecular formula is C27H35Cl2FN4O2. The number of urea groups is 1. The van der Waals surface area contributed by atoms with E-state index in [1.54, 1.807) is 24.3 Å². The van der Waals surface area contributed by atoms with Gasteiger partial charge in [0.15, 0.2) is 0 Å². The Morgan fingerprint density at radius 3 is 2.39 bits per heavy atom. The zero-order chi connectivity index (χ0) is 26.1. The van der Waals surface area contributed by atoms with E-state index in [4.69, 9.17) is 23.2 Å². The molecule has 0 radical (unpaired) electrons. The molecule has 0 spiro atoms. The summed E-state index contributed by atoms with van der Waals surface area (Å²) < 4.78 is 13.3. The molecule has 3 rings (SSSR count). The average molecular weight is 538 g/mol. The lowest BCUT2D eigenvalue weighted by Crippen LogP contribution is -2.57. The van der Waals surface area contributed by atoms with Crippen molar-refractivity contribution < 1.29 is 14.0 Å². The average Bonchev–Trinajstić information content (AvgIpc) is 2.85. The van der Waals surface area contributed by atoms with Crippen molar-refractivity contribution in [2.75, 3.05) is 32.1 Å². The van der Waals surface area contributed by atoms with E-state index in [1.807, 2.05) is 17.0 Å². The summed E-state index contributed by atoms with van der Waals surface area (Å²) in [5, 5.41) is 6.29.